The SMILES string of the molecule is CCNC(=NCC(C)(O)c1ccco1)N(C)Cc1cc2ccccc2o1. The molecule has 0 bridgehead atoms. The van der Waals surface area contributed by atoms with Crippen LogP contribution in [0.2, 0.25) is 0 Å². The second-order valence-corrected chi connectivity index (χ2v) is 6.53. The third-order valence-corrected chi connectivity index (χ3v) is 4.15. The van der Waals surface area contributed by atoms with Gasteiger partial charge in [-0.1, -0.05) is 18.2 Å². The molecule has 0 spiro atoms. The van der Waals surface area contributed by atoms with Crippen LogP contribution >= 0.6 is 0 Å². The van der Waals surface area contributed by atoms with Gasteiger partial charge in [0, 0.05) is 19.0 Å². The van der Waals surface area contributed by atoms with Crippen molar-refractivity contribution < 1.29 is 13.9 Å². The van der Waals surface area contributed by atoms with Crippen molar-refractivity contribution in [3.63, 3.8) is 0 Å². The minimum absolute atomic E-state index is 0.188. The summed E-state index contributed by atoms with van der Waals surface area (Å²) in [6.45, 7) is 5.19. The minimum atomic E-state index is -1.16. The van der Waals surface area contributed by atoms with Gasteiger partial charge in [0.05, 0.1) is 19.4 Å². The summed E-state index contributed by atoms with van der Waals surface area (Å²) in [5.41, 5.74) is -0.289. The molecule has 2 heterocycles. The number of furan rings is 2. The minimum Gasteiger partial charge on any atom is -0.466 e. The van der Waals surface area contributed by atoms with Gasteiger partial charge in [-0.25, -0.2) is 4.99 Å². The Morgan fingerprint density at radius 2 is 2.08 bits per heavy atom. The van der Waals surface area contributed by atoms with Crippen LogP contribution in [0.3, 0.4) is 0 Å². The molecule has 2 N–H and O–H groups in total. The van der Waals surface area contributed by atoms with Gasteiger partial charge in [0.1, 0.15) is 22.7 Å². The van der Waals surface area contributed by atoms with Crippen LogP contribution < -0.4 is 5.32 Å². The largest absolute Gasteiger partial charge is 0.466 e. The standard InChI is InChI=1S/C20H25N3O3/c1-4-21-19(22-14-20(2,24)18-10-7-11-25-18)23(3)13-16-12-15-8-5-6-9-17(15)26-16/h5-12,24H,4,13-14H2,1-3H3,(H,21,22). The van der Waals surface area contributed by atoms with E-state index in [1.807, 2.05) is 49.2 Å². The Morgan fingerprint density at radius 3 is 2.77 bits per heavy atom. The highest BCUT2D eigenvalue weighted by Crippen LogP contribution is 2.22. The number of hydrogen-bond donors (Lipinski definition) is 2. The molecular formula is C20H25N3O3. The van der Waals surface area contributed by atoms with Crippen LogP contribution in [0.4, 0.5) is 0 Å². The zero-order chi connectivity index (χ0) is 18.6. The molecule has 3 rings (SSSR count). The number of para-hydroxylation sites is 1. The van der Waals surface area contributed by atoms with E-state index < -0.39 is 5.60 Å². The smallest absolute Gasteiger partial charge is 0.194 e. The Bertz CT molecular complexity index is 832. The van der Waals surface area contributed by atoms with Crippen LogP contribution in [0.25, 0.3) is 11.0 Å². The number of benzene rings is 1. The maximum atomic E-state index is 10.6. The van der Waals surface area contributed by atoms with Gasteiger partial charge in [-0.2, -0.15) is 0 Å². The van der Waals surface area contributed by atoms with E-state index in [2.05, 4.69) is 10.3 Å². The quantitative estimate of drug-likeness (QED) is 0.524. The number of rotatable bonds is 6. The van der Waals surface area contributed by atoms with Crippen LogP contribution in [0.1, 0.15) is 25.4 Å². The van der Waals surface area contributed by atoms with Gasteiger partial charge in [-0.15, -0.1) is 0 Å². The first-order valence-electron chi connectivity index (χ1n) is 8.73. The molecule has 26 heavy (non-hydrogen) atoms. The number of fused-ring (bicyclic) bond motifs is 1. The molecular weight excluding hydrogens is 330 g/mol. The number of aliphatic imine (C=N–C) groups is 1. The van der Waals surface area contributed by atoms with Crippen molar-refractivity contribution in [3.05, 3.63) is 60.2 Å². The molecule has 0 saturated carbocycles. The maximum Gasteiger partial charge on any atom is 0.194 e. The molecule has 2 aromatic heterocycles. The highest BCUT2D eigenvalue weighted by molar-refractivity contribution is 5.80. The van der Waals surface area contributed by atoms with E-state index in [1.165, 1.54) is 0 Å². The van der Waals surface area contributed by atoms with E-state index in [0.717, 1.165) is 23.3 Å². The fourth-order valence-corrected chi connectivity index (χ4v) is 2.78. The summed E-state index contributed by atoms with van der Waals surface area (Å²) in [6.07, 6.45) is 1.55. The first kappa shape index (κ1) is 18.1. The van der Waals surface area contributed by atoms with Gasteiger partial charge in [-0.3, -0.25) is 0 Å². The predicted octanol–water partition coefficient (Wildman–Crippen LogP) is 3.33. The number of hydrogen-bond acceptors (Lipinski definition) is 4. The van der Waals surface area contributed by atoms with Crippen molar-refractivity contribution in [3.8, 4) is 0 Å². The van der Waals surface area contributed by atoms with E-state index in [-0.39, 0.29) is 6.54 Å². The first-order valence-corrected chi connectivity index (χ1v) is 8.73. The number of aliphatic hydroxyl groups is 1. The molecule has 0 radical (unpaired) electrons. The molecule has 3 aromatic rings. The van der Waals surface area contributed by atoms with Gasteiger partial charge in [0.2, 0.25) is 0 Å². The van der Waals surface area contributed by atoms with Crippen LogP contribution in [0, 0.1) is 0 Å². The average molecular weight is 355 g/mol. The molecule has 0 saturated heterocycles. The predicted molar refractivity (Wildman–Crippen MR) is 102 cm³/mol. The molecule has 0 amide bonds. The number of nitrogens with zero attached hydrogens (tertiary/aromatic N) is 2. The number of guanidine groups is 1. The lowest BCUT2D eigenvalue weighted by atomic mass is 10.0. The van der Waals surface area contributed by atoms with Crippen molar-refractivity contribution in [2.24, 2.45) is 4.99 Å². The lowest BCUT2D eigenvalue weighted by Gasteiger charge is -2.23. The molecule has 6 heteroatoms. The average Bonchev–Trinajstić information content (AvgIpc) is 3.27. The van der Waals surface area contributed by atoms with Gasteiger partial charge in [0.25, 0.3) is 0 Å². The molecule has 0 aliphatic rings. The summed E-state index contributed by atoms with van der Waals surface area (Å²) in [5.74, 6) is 2.05. The summed E-state index contributed by atoms with van der Waals surface area (Å²) in [5, 5.41) is 14.9. The highest BCUT2D eigenvalue weighted by atomic mass is 16.4. The van der Waals surface area contributed by atoms with E-state index in [0.29, 0.717) is 18.3 Å². The van der Waals surface area contributed by atoms with Crippen LogP contribution in [-0.2, 0) is 12.1 Å². The van der Waals surface area contributed by atoms with Crippen molar-refractivity contribution in [2.75, 3.05) is 20.1 Å². The molecule has 138 valence electrons. The van der Waals surface area contributed by atoms with Gasteiger partial charge >= 0.3 is 0 Å². The Hall–Kier alpha value is -2.73. The zero-order valence-corrected chi connectivity index (χ0v) is 15.4. The topological polar surface area (TPSA) is 74.1 Å². The Kier molecular flexibility index (Phi) is 5.32. The van der Waals surface area contributed by atoms with Crippen molar-refractivity contribution in [1.29, 1.82) is 0 Å². The Labute approximate surface area is 153 Å². The van der Waals surface area contributed by atoms with Crippen LogP contribution in [0.5, 0.6) is 0 Å². The third-order valence-electron chi connectivity index (χ3n) is 4.15. The van der Waals surface area contributed by atoms with Crippen LogP contribution in [0.15, 0.2) is 62.6 Å². The van der Waals surface area contributed by atoms with E-state index in [4.69, 9.17) is 8.83 Å². The van der Waals surface area contributed by atoms with Crippen molar-refractivity contribution in [2.45, 2.75) is 26.0 Å². The molecule has 1 atom stereocenters. The summed E-state index contributed by atoms with van der Waals surface area (Å²) >= 11 is 0. The first-order chi connectivity index (χ1) is 12.5. The number of nitrogens with one attached hydrogen (secondary N) is 1. The fraction of sp³-hybridized carbons (Fsp3) is 0.350. The van der Waals surface area contributed by atoms with Gasteiger partial charge < -0.3 is 24.2 Å². The Morgan fingerprint density at radius 1 is 1.27 bits per heavy atom. The molecule has 1 aromatic carbocycles. The van der Waals surface area contributed by atoms with Gasteiger partial charge in [0.15, 0.2) is 5.96 Å². The summed E-state index contributed by atoms with van der Waals surface area (Å²) in [6, 6.07) is 13.5. The molecule has 6 nitrogen and oxygen atoms in total. The lowest BCUT2D eigenvalue weighted by molar-refractivity contribution is 0.0435. The normalized spacial score (nSPS) is 14.4. The second-order valence-electron chi connectivity index (χ2n) is 6.53. The van der Waals surface area contributed by atoms with Crippen molar-refractivity contribution >= 4 is 16.9 Å². The fourth-order valence-electron chi connectivity index (χ4n) is 2.78. The van der Waals surface area contributed by atoms with E-state index >= 15 is 0 Å². The zero-order valence-electron chi connectivity index (χ0n) is 15.4. The molecule has 0 fully saturated rings. The monoisotopic (exact) mass is 355 g/mol. The second kappa shape index (κ2) is 7.66. The molecule has 1 unspecified atom stereocenters. The molecule has 0 aliphatic carbocycles. The van der Waals surface area contributed by atoms with E-state index in [9.17, 15) is 5.11 Å². The summed E-state index contributed by atoms with van der Waals surface area (Å²) in [4.78, 5) is 6.54. The Balaban J connectivity index is 1.73. The van der Waals surface area contributed by atoms with E-state index in [1.54, 1.807) is 25.3 Å². The third kappa shape index (κ3) is 4.08. The summed E-state index contributed by atoms with van der Waals surface area (Å²) < 4.78 is 11.2. The van der Waals surface area contributed by atoms with Gasteiger partial charge in [-0.05, 0) is 38.1 Å². The van der Waals surface area contributed by atoms with Crippen molar-refractivity contribution in [1.82, 2.24) is 10.2 Å². The lowest BCUT2D eigenvalue weighted by Crippen LogP contribution is -2.39. The summed E-state index contributed by atoms with van der Waals surface area (Å²) in [7, 11) is 1.94. The highest BCUT2D eigenvalue weighted by Gasteiger charge is 2.26. The van der Waals surface area contributed by atoms with Crippen LogP contribution in [-0.4, -0.2) is 36.1 Å². The maximum absolute atomic E-state index is 10.6. The molecule has 0 aliphatic heterocycles.